The molecule has 0 aliphatic rings. The van der Waals surface area contributed by atoms with Crippen molar-refractivity contribution in [2.24, 2.45) is 4.99 Å². The van der Waals surface area contributed by atoms with Crippen molar-refractivity contribution in [3.05, 3.63) is 64.9 Å². The SMILES string of the molecule is CN=C(NCCc1ccc(Cl)cc1)NCCc1cccnc1.I. The van der Waals surface area contributed by atoms with Gasteiger partial charge in [-0.2, -0.15) is 0 Å². The molecule has 124 valence electrons. The number of nitrogens with one attached hydrogen (secondary N) is 2. The number of aliphatic imine (C=N–C) groups is 1. The van der Waals surface area contributed by atoms with E-state index < -0.39 is 0 Å². The van der Waals surface area contributed by atoms with Crippen LogP contribution < -0.4 is 10.6 Å². The Balaban J connectivity index is 0.00000264. The van der Waals surface area contributed by atoms with Crippen LogP contribution in [0.2, 0.25) is 5.02 Å². The molecule has 0 spiro atoms. The highest BCUT2D eigenvalue weighted by Crippen LogP contribution is 2.09. The molecule has 0 unspecified atom stereocenters. The van der Waals surface area contributed by atoms with Crippen molar-refractivity contribution < 1.29 is 0 Å². The van der Waals surface area contributed by atoms with E-state index in [1.165, 1.54) is 11.1 Å². The second-order valence-corrected chi connectivity index (χ2v) is 5.35. The Labute approximate surface area is 159 Å². The number of guanidine groups is 1. The van der Waals surface area contributed by atoms with Crippen LogP contribution >= 0.6 is 35.6 Å². The summed E-state index contributed by atoms with van der Waals surface area (Å²) in [5.41, 5.74) is 2.47. The monoisotopic (exact) mass is 444 g/mol. The number of pyridine rings is 1. The lowest BCUT2D eigenvalue weighted by Crippen LogP contribution is -2.39. The maximum Gasteiger partial charge on any atom is 0.190 e. The average Bonchev–Trinajstić information content (AvgIpc) is 2.56. The van der Waals surface area contributed by atoms with E-state index in [4.69, 9.17) is 11.6 Å². The summed E-state index contributed by atoms with van der Waals surface area (Å²) < 4.78 is 0. The minimum Gasteiger partial charge on any atom is -0.356 e. The standard InChI is InChI=1S/C17H21ClN4.HI/c1-19-17(22-12-9-15-3-2-10-20-13-15)21-11-8-14-4-6-16(18)7-5-14;/h2-7,10,13H,8-9,11-12H2,1H3,(H2,19,21,22);1H. The zero-order chi connectivity index (χ0) is 15.6. The summed E-state index contributed by atoms with van der Waals surface area (Å²) in [5.74, 6) is 0.817. The third-order valence-electron chi connectivity index (χ3n) is 3.27. The smallest absolute Gasteiger partial charge is 0.190 e. The molecular weight excluding hydrogens is 423 g/mol. The number of nitrogens with zero attached hydrogens (tertiary/aromatic N) is 2. The molecule has 0 amide bonds. The minimum absolute atomic E-state index is 0. The Morgan fingerprint density at radius 1 is 1.04 bits per heavy atom. The highest BCUT2D eigenvalue weighted by atomic mass is 127. The van der Waals surface area contributed by atoms with Crippen molar-refractivity contribution in [3.63, 3.8) is 0 Å². The van der Waals surface area contributed by atoms with Crippen LogP contribution in [0.1, 0.15) is 11.1 Å². The molecule has 2 N–H and O–H groups in total. The van der Waals surface area contributed by atoms with E-state index in [-0.39, 0.29) is 24.0 Å². The van der Waals surface area contributed by atoms with Gasteiger partial charge >= 0.3 is 0 Å². The predicted molar refractivity (Wildman–Crippen MR) is 108 cm³/mol. The first-order valence-electron chi connectivity index (χ1n) is 7.36. The van der Waals surface area contributed by atoms with E-state index in [0.717, 1.165) is 36.9 Å². The number of hydrogen-bond donors (Lipinski definition) is 2. The van der Waals surface area contributed by atoms with Crippen LogP contribution in [0.3, 0.4) is 0 Å². The fraction of sp³-hybridized carbons (Fsp3) is 0.294. The Morgan fingerprint density at radius 2 is 1.70 bits per heavy atom. The largest absolute Gasteiger partial charge is 0.356 e. The molecule has 2 rings (SSSR count). The molecule has 4 nitrogen and oxygen atoms in total. The lowest BCUT2D eigenvalue weighted by Gasteiger charge is -2.11. The second kappa shape index (κ2) is 11.2. The molecule has 0 saturated heterocycles. The van der Waals surface area contributed by atoms with Crippen molar-refractivity contribution in [1.82, 2.24) is 15.6 Å². The van der Waals surface area contributed by atoms with Gasteiger partial charge in [0.2, 0.25) is 0 Å². The number of rotatable bonds is 6. The van der Waals surface area contributed by atoms with Gasteiger partial charge in [-0.25, -0.2) is 0 Å². The van der Waals surface area contributed by atoms with Gasteiger partial charge in [-0.1, -0.05) is 29.8 Å². The van der Waals surface area contributed by atoms with E-state index in [1.54, 1.807) is 13.2 Å². The maximum atomic E-state index is 5.88. The van der Waals surface area contributed by atoms with Crippen molar-refractivity contribution in [2.75, 3.05) is 20.1 Å². The second-order valence-electron chi connectivity index (χ2n) is 4.91. The summed E-state index contributed by atoms with van der Waals surface area (Å²) in [6, 6.07) is 11.9. The summed E-state index contributed by atoms with van der Waals surface area (Å²) in [6.07, 6.45) is 5.53. The van der Waals surface area contributed by atoms with E-state index >= 15 is 0 Å². The molecule has 1 heterocycles. The van der Waals surface area contributed by atoms with E-state index in [9.17, 15) is 0 Å². The lowest BCUT2D eigenvalue weighted by molar-refractivity contribution is 0.783. The zero-order valence-corrected chi connectivity index (χ0v) is 16.2. The third-order valence-corrected chi connectivity index (χ3v) is 3.52. The van der Waals surface area contributed by atoms with Crippen LogP contribution in [-0.4, -0.2) is 31.1 Å². The molecule has 0 aliphatic heterocycles. The van der Waals surface area contributed by atoms with Gasteiger partial charge in [0.05, 0.1) is 0 Å². The molecule has 2 aromatic rings. The molecule has 0 radical (unpaired) electrons. The first kappa shape index (κ1) is 19.7. The lowest BCUT2D eigenvalue weighted by atomic mass is 10.1. The summed E-state index contributed by atoms with van der Waals surface area (Å²) in [4.78, 5) is 8.33. The summed E-state index contributed by atoms with van der Waals surface area (Å²) in [7, 11) is 1.78. The van der Waals surface area contributed by atoms with Crippen molar-refractivity contribution in [3.8, 4) is 0 Å². The Morgan fingerprint density at radius 3 is 2.26 bits per heavy atom. The van der Waals surface area contributed by atoms with Gasteiger partial charge in [0.15, 0.2) is 5.96 Å². The number of hydrogen-bond acceptors (Lipinski definition) is 2. The summed E-state index contributed by atoms with van der Waals surface area (Å²) in [5, 5.41) is 7.38. The molecule has 6 heteroatoms. The third kappa shape index (κ3) is 7.65. The van der Waals surface area contributed by atoms with Gasteiger partial charge in [-0.15, -0.1) is 24.0 Å². The first-order valence-corrected chi connectivity index (χ1v) is 7.73. The fourth-order valence-corrected chi connectivity index (χ4v) is 2.19. The number of benzene rings is 1. The van der Waals surface area contributed by atoms with Crippen molar-refractivity contribution in [1.29, 1.82) is 0 Å². The fourth-order valence-electron chi connectivity index (χ4n) is 2.07. The maximum absolute atomic E-state index is 5.88. The van der Waals surface area contributed by atoms with E-state index in [0.29, 0.717) is 0 Å². The predicted octanol–water partition coefficient (Wildman–Crippen LogP) is 3.30. The van der Waals surface area contributed by atoms with Gasteiger partial charge in [-0.3, -0.25) is 9.98 Å². The van der Waals surface area contributed by atoms with E-state index in [1.807, 2.05) is 36.5 Å². The Hall–Kier alpha value is -1.34. The average molecular weight is 445 g/mol. The topological polar surface area (TPSA) is 49.3 Å². The minimum atomic E-state index is 0. The normalized spacial score (nSPS) is 10.8. The van der Waals surface area contributed by atoms with Crippen LogP contribution in [0, 0.1) is 0 Å². The molecule has 0 bridgehead atoms. The van der Waals surface area contributed by atoms with Crippen LogP contribution in [0.4, 0.5) is 0 Å². The number of aromatic nitrogens is 1. The molecule has 0 saturated carbocycles. The zero-order valence-electron chi connectivity index (χ0n) is 13.1. The van der Waals surface area contributed by atoms with Crippen LogP contribution in [0.15, 0.2) is 53.8 Å². The van der Waals surface area contributed by atoms with Crippen LogP contribution in [0.5, 0.6) is 0 Å². The Kier molecular flexibility index (Phi) is 9.63. The first-order chi connectivity index (χ1) is 10.8. The summed E-state index contributed by atoms with van der Waals surface area (Å²) in [6.45, 7) is 1.65. The van der Waals surface area contributed by atoms with Gasteiger partial charge in [0.25, 0.3) is 0 Å². The summed E-state index contributed by atoms with van der Waals surface area (Å²) >= 11 is 5.88. The van der Waals surface area contributed by atoms with Crippen molar-refractivity contribution >= 4 is 41.5 Å². The van der Waals surface area contributed by atoms with Gasteiger partial charge in [-0.05, 0) is 42.2 Å². The molecule has 1 aromatic heterocycles. The van der Waals surface area contributed by atoms with Gasteiger partial charge < -0.3 is 10.6 Å². The van der Waals surface area contributed by atoms with Crippen LogP contribution in [0.25, 0.3) is 0 Å². The van der Waals surface area contributed by atoms with Gasteiger partial charge in [0.1, 0.15) is 0 Å². The van der Waals surface area contributed by atoms with Crippen molar-refractivity contribution in [2.45, 2.75) is 12.8 Å². The van der Waals surface area contributed by atoms with E-state index in [2.05, 4.69) is 26.7 Å². The molecule has 0 aliphatic carbocycles. The Bertz CT molecular complexity index is 587. The molecule has 1 aromatic carbocycles. The molecule has 23 heavy (non-hydrogen) atoms. The quantitative estimate of drug-likeness (QED) is 0.408. The molecule has 0 atom stereocenters. The number of halogens is 2. The van der Waals surface area contributed by atoms with Crippen LogP contribution in [-0.2, 0) is 12.8 Å². The van der Waals surface area contributed by atoms with Gasteiger partial charge in [0, 0.05) is 37.6 Å². The molecule has 0 fully saturated rings. The highest BCUT2D eigenvalue weighted by Gasteiger charge is 1.99. The molecular formula is C17H22ClIN4. The highest BCUT2D eigenvalue weighted by molar-refractivity contribution is 14.0.